The third-order valence-corrected chi connectivity index (χ3v) is 5.60. The number of carbonyl (C=O) groups excluding carboxylic acids is 1. The summed E-state index contributed by atoms with van der Waals surface area (Å²) in [5.74, 6) is 1.53. The first kappa shape index (κ1) is 19.4. The van der Waals surface area contributed by atoms with Crippen LogP contribution in [0.5, 0.6) is 11.5 Å². The van der Waals surface area contributed by atoms with E-state index in [-0.39, 0.29) is 11.9 Å². The summed E-state index contributed by atoms with van der Waals surface area (Å²) in [6.07, 6.45) is 1.75. The molecule has 2 heterocycles. The van der Waals surface area contributed by atoms with E-state index in [1.54, 1.807) is 18.2 Å². The summed E-state index contributed by atoms with van der Waals surface area (Å²) in [6.45, 7) is 4.55. The Bertz CT molecular complexity index is 883. The molecule has 2 aromatic carbocycles. The highest BCUT2D eigenvalue weighted by Gasteiger charge is 2.28. The maximum Gasteiger partial charge on any atom is 0.238 e. The zero-order valence-electron chi connectivity index (χ0n) is 15.6. The number of nitrogens with zero attached hydrogens (tertiary/aromatic N) is 1. The molecule has 2 aromatic rings. The summed E-state index contributed by atoms with van der Waals surface area (Å²) in [5, 5.41) is 3.86. The summed E-state index contributed by atoms with van der Waals surface area (Å²) in [6, 6.07) is 9.28. The van der Waals surface area contributed by atoms with E-state index in [1.807, 2.05) is 0 Å². The predicted molar refractivity (Wildman–Crippen MR) is 111 cm³/mol. The van der Waals surface area contributed by atoms with Gasteiger partial charge in [-0.3, -0.25) is 9.69 Å². The molecule has 1 atom stereocenters. The van der Waals surface area contributed by atoms with Crippen molar-refractivity contribution in [1.29, 1.82) is 0 Å². The fourth-order valence-corrected chi connectivity index (χ4v) is 4.28. The van der Waals surface area contributed by atoms with Crippen LogP contribution in [0, 0.1) is 0 Å². The van der Waals surface area contributed by atoms with Gasteiger partial charge < -0.3 is 14.8 Å². The molecule has 0 radical (unpaired) electrons. The Morgan fingerprint density at radius 1 is 1.11 bits per heavy atom. The molecule has 4 rings (SSSR count). The Labute approximate surface area is 174 Å². The van der Waals surface area contributed by atoms with Gasteiger partial charge in [0.05, 0.1) is 19.8 Å². The van der Waals surface area contributed by atoms with Gasteiger partial charge >= 0.3 is 0 Å². The molecule has 1 amide bonds. The minimum absolute atomic E-state index is 0.0945. The van der Waals surface area contributed by atoms with Crippen molar-refractivity contribution < 1.29 is 14.3 Å². The van der Waals surface area contributed by atoms with Crippen LogP contribution in [0.25, 0.3) is 0 Å². The molecule has 2 aliphatic rings. The number of ether oxygens (including phenoxy) is 2. The van der Waals surface area contributed by atoms with E-state index in [1.165, 1.54) is 11.1 Å². The molecule has 2 aliphatic heterocycles. The molecule has 0 bridgehead atoms. The van der Waals surface area contributed by atoms with Crippen LogP contribution in [-0.2, 0) is 11.2 Å². The Morgan fingerprint density at radius 3 is 2.50 bits per heavy atom. The third kappa shape index (κ3) is 4.22. The molecule has 1 N–H and O–H groups in total. The molecule has 0 aromatic heterocycles. The van der Waals surface area contributed by atoms with Gasteiger partial charge in [0.25, 0.3) is 0 Å². The van der Waals surface area contributed by atoms with E-state index in [2.05, 4.69) is 29.3 Å². The number of anilines is 1. The van der Waals surface area contributed by atoms with Gasteiger partial charge in [-0.1, -0.05) is 23.2 Å². The highest BCUT2D eigenvalue weighted by Crippen LogP contribution is 2.39. The first-order chi connectivity index (χ1) is 13.5. The van der Waals surface area contributed by atoms with Crippen LogP contribution in [0.4, 0.5) is 5.69 Å². The lowest BCUT2D eigenvalue weighted by Gasteiger charge is -2.35. The summed E-state index contributed by atoms with van der Waals surface area (Å²) < 4.78 is 11.6. The SMILES string of the molecule is C[C@H]1c2cc3c(cc2CCN1CC(=O)Nc1cc(Cl)cc(Cl)c1)OCCCO3. The lowest BCUT2D eigenvalue weighted by atomic mass is 9.93. The van der Waals surface area contributed by atoms with Gasteiger partial charge in [-0.2, -0.15) is 0 Å². The molecule has 0 aliphatic carbocycles. The smallest absolute Gasteiger partial charge is 0.238 e. The molecule has 0 saturated heterocycles. The second kappa shape index (κ2) is 8.19. The second-order valence-corrected chi connectivity index (χ2v) is 8.02. The van der Waals surface area contributed by atoms with Crippen molar-refractivity contribution >= 4 is 34.8 Å². The number of benzene rings is 2. The van der Waals surface area contributed by atoms with E-state index < -0.39 is 0 Å². The van der Waals surface area contributed by atoms with Crippen LogP contribution >= 0.6 is 23.2 Å². The summed E-state index contributed by atoms with van der Waals surface area (Å²) in [7, 11) is 0. The lowest BCUT2D eigenvalue weighted by molar-refractivity contribution is -0.117. The van der Waals surface area contributed by atoms with Gasteiger partial charge in [0.15, 0.2) is 11.5 Å². The van der Waals surface area contributed by atoms with Crippen LogP contribution in [0.1, 0.15) is 30.5 Å². The van der Waals surface area contributed by atoms with Crippen LogP contribution in [-0.4, -0.2) is 37.1 Å². The van der Waals surface area contributed by atoms with Crippen LogP contribution in [0.3, 0.4) is 0 Å². The molecule has 0 spiro atoms. The van der Waals surface area contributed by atoms with E-state index >= 15 is 0 Å². The highest BCUT2D eigenvalue weighted by molar-refractivity contribution is 6.35. The Morgan fingerprint density at radius 2 is 1.79 bits per heavy atom. The molecule has 5 nitrogen and oxygen atoms in total. The average molecular weight is 421 g/mol. The Hall–Kier alpha value is -1.95. The van der Waals surface area contributed by atoms with E-state index in [4.69, 9.17) is 32.7 Å². The molecule has 0 saturated carbocycles. The fourth-order valence-electron chi connectivity index (χ4n) is 3.75. The zero-order valence-corrected chi connectivity index (χ0v) is 17.1. The number of rotatable bonds is 3. The number of hydrogen-bond donors (Lipinski definition) is 1. The third-order valence-electron chi connectivity index (χ3n) is 5.17. The largest absolute Gasteiger partial charge is 0.490 e. The molecule has 0 unspecified atom stereocenters. The van der Waals surface area contributed by atoms with Gasteiger partial charge in [0.1, 0.15) is 0 Å². The molecule has 28 heavy (non-hydrogen) atoms. The normalized spacial score (nSPS) is 18.9. The Kier molecular flexibility index (Phi) is 5.67. The van der Waals surface area contributed by atoms with Crippen molar-refractivity contribution in [1.82, 2.24) is 4.90 Å². The quantitative estimate of drug-likeness (QED) is 0.780. The number of amides is 1. The molecule has 0 fully saturated rings. The predicted octanol–water partition coefficient (Wildman–Crippen LogP) is 4.71. The van der Waals surface area contributed by atoms with Gasteiger partial charge in [-0.15, -0.1) is 0 Å². The number of halogens is 2. The average Bonchev–Trinajstić information content (AvgIpc) is 2.86. The van der Waals surface area contributed by atoms with Crippen LogP contribution in [0.15, 0.2) is 30.3 Å². The van der Waals surface area contributed by atoms with Crippen molar-refractivity contribution in [2.24, 2.45) is 0 Å². The van der Waals surface area contributed by atoms with Crippen LogP contribution < -0.4 is 14.8 Å². The van der Waals surface area contributed by atoms with Crippen LogP contribution in [0.2, 0.25) is 10.0 Å². The Balaban J connectivity index is 1.47. The zero-order chi connectivity index (χ0) is 19.7. The van der Waals surface area contributed by atoms with Gasteiger partial charge in [0.2, 0.25) is 5.91 Å². The van der Waals surface area contributed by atoms with Gasteiger partial charge in [-0.25, -0.2) is 0 Å². The van der Waals surface area contributed by atoms with Crippen molar-refractivity contribution in [3.8, 4) is 11.5 Å². The number of nitrogens with one attached hydrogen (secondary N) is 1. The van der Waals surface area contributed by atoms with Crippen molar-refractivity contribution in [2.75, 3.05) is 31.6 Å². The first-order valence-corrected chi connectivity index (χ1v) is 10.2. The van der Waals surface area contributed by atoms with E-state index in [0.29, 0.717) is 35.5 Å². The second-order valence-electron chi connectivity index (χ2n) is 7.15. The lowest BCUT2D eigenvalue weighted by Crippen LogP contribution is -2.39. The van der Waals surface area contributed by atoms with E-state index in [0.717, 1.165) is 30.9 Å². The maximum absolute atomic E-state index is 12.6. The van der Waals surface area contributed by atoms with Gasteiger partial charge in [-0.05, 0) is 54.8 Å². The minimum atomic E-state index is -0.0945. The first-order valence-electron chi connectivity index (χ1n) is 9.42. The molecular formula is C21H22Cl2N2O3. The van der Waals surface area contributed by atoms with Crippen molar-refractivity contribution in [3.05, 3.63) is 51.5 Å². The summed E-state index contributed by atoms with van der Waals surface area (Å²) in [5.41, 5.74) is 3.05. The molecule has 148 valence electrons. The number of hydrogen-bond acceptors (Lipinski definition) is 4. The monoisotopic (exact) mass is 420 g/mol. The fraction of sp³-hybridized carbons (Fsp3) is 0.381. The van der Waals surface area contributed by atoms with Gasteiger partial charge in [0, 0.05) is 34.7 Å². The number of fused-ring (bicyclic) bond motifs is 2. The molecule has 7 heteroatoms. The summed E-state index contributed by atoms with van der Waals surface area (Å²) >= 11 is 12.0. The highest BCUT2D eigenvalue weighted by atomic mass is 35.5. The molecular weight excluding hydrogens is 399 g/mol. The van der Waals surface area contributed by atoms with Crippen molar-refractivity contribution in [2.45, 2.75) is 25.8 Å². The van der Waals surface area contributed by atoms with Crippen molar-refractivity contribution in [3.63, 3.8) is 0 Å². The number of carbonyl (C=O) groups is 1. The maximum atomic E-state index is 12.6. The van der Waals surface area contributed by atoms with E-state index in [9.17, 15) is 4.79 Å². The summed E-state index contributed by atoms with van der Waals surface area (Å²) in [4.78, 5) is 14.7. The topological polar surface area (TPSA) is 50.8 Å². The minimum Gasteiger partial charge on any atom is -0.490 e. The standard InChI is InChI=1S/C21H22Cl2N2O3/c1-13-18-11-20-19(27-5-2-6-28-20)7-14(18)3-4-25(13)12-21(26)24-17-9-15(22)8-16(23)10-17/h7-11,13H,2-6,12H2,1H3,(H,24,26)/t13-/m0/s1.